The van der Waals surface area contributed by atoms with Gasteiger partial charge in [0.2, 0.25) is 0 Å². The lowest BCUT2D eigenvalue weighted by Crippen LogP contribution is -2.26. The van der Waals surface area contributed by atoms with Crippen molar-refractivity contribution in [3.8, 4) is 5.75 Å². The van der Waals surface area contributed by atoms with E-state index in [0.29, 0.717) is 0 Å². The smallest absolute Gasteiger partial charge is 0.116 e. The fraction of sp³-hybridized carbons (Fsp3) is 0.286. The molecule has 0 unspecified atom stereocenters. The van der Waals surface area contributed by atoms with Crippen molar-refractivity contribution >= 4 is 0 Å². The molecule has 0 aromatic carbocycles. The van der Waals surface area contributed by atoms with Crippen LogP contribution >= 0.6 is 0 Å². The zero-order chi connectivity index (χ0) is 6.69. The SMILES string of the molecule is COc1c[c-][n+](C)cc1. The largest absolute Gasteiger partial charge is 0.554 e. The minimum absolute atomic E-state index is 0.841. The molecule has 0 aliphatic rings. The van der Waals surface area contributed by atoms with E-state index in [-0.39, 0.29) is 0 Å². The first-order valence-electron chi connectivity index (χ1n) is 2.74. The van der Waals surface area contributed by atoms with Crippen LogP contribution in [0.15, 0.2) is 18.3 Å². The van der Waals surface area contributed by atoms with E-state index in [0.717, 1.165) is 5.75 Å². The molecule has 0 aliphatic carbocycles. The monoisotopic (exact) mass is 123 g/mol. The minimum atomic E-state index is 0.841. The van der Waals surface area contributed by atoms with Crippen molar-refractivity contribution in [3.63, 3.8) is 0 Å². The van der Waals surface area contributed by atoms with Crippen LogP contribution in [-0.2, 0) is 7.05 Å². The number of ether oxygens (including phenoxy) is 1. The van der Waals surface area contributed by atoms with Crippen LogP contribution in [0.5, 0.6) is 5.75 Å². The van der Waals surface area contributed by atoms with Gasteiger partial charge >= 0.3 is 0 Å². The molecule has 1 rings (SSSR count). The van der Waals surface area contributed by atoms with Crippen LogP contribution in [0, 0.1) is 6.20 Å². The van der Waals surface area contributed by atoms with E-state index in [1.54, 1.807) is 13.2 Å². The van der Waals surface area contributed by atoms with Gasteiger partial charge in [0, 0.05) is 5.75 Å². The second-order valence-corrected chi connectivity index (χ2v) is 1.81. The summed E-state index contributed by atoms with van der Waals surface area (Å²) in [5.41, 5.74) is 0. The number of nitrogens with zero attached hydrogens (tertiary/aromatic N) is 1. The summed E-state index contributed by atoms with van der Waals surface area (Å²) in [7, 11) is 3.56. The molecule has 0 spiro atoms. The molecule has 0 saturated heterocycles. The summed E-state index contributed by atoms with van der Waals surface area (Å²) in [5, 5.41) is 0. The molecule has 0 saturated carbocycles. The van der Waals surface area contributed by atoms with Gasteiger partial charge in [-0.1, -0.05) is 12.1 Å². The fourth-order valence-electron chi connectivity index (χ4n) is 0.569. The molecule has 48 valence electrons. The normalized spacial score (nSPS) is 9.11. The van der Waals surface area contributed by atoms with Crippen LogP contribution < -0.4 is 9.30 Å². The van der Waals surface area contributed by atoms with Gasteiger partial charge < -0.3 is 9.30 Å². The Labute approximate surface area is 54.7 Å². The maximum Gasteiger partial charge on any atom is 0.116 e. The van der Waals surface area contributed by atoms with Gasteiger partial charge in [0.05, 0.1) is 13.3 Å². The van der Waals surface area contributed by atoms with Crippen LogP contribution in [0.1, 0.15) is 0 Å². The lowest BCUT2D eigenvalue weighted by Gasteiger charge is -2.02. The van der Waals surface area contributed by atoms with Crippen LogP contribution in [0.2, 0.25) is 0 Å². The van der Waals surface area contributed by atoms with Gasteiger partial charge in [-0.3, -0.25) is 0 Å². The Hall–Kier alpha value is -1.05. The Morgan fingerprint density at radius 3 is 2.89 bits per heavy atom. The second-order valence-electron chi connectivity index (χ2n) is 1.81. The van der Waals surface area contributed by atoms with Crippen molar-refractivity contribution in [3.05, 3.63) is 24.5 Å². The predicted octanol–water partition coefficient (Wildman–Crippen LogP) is 0.320. The van der Waals surface area contributed by atoms with E-state index < -0.39 is 0 Å². The first-order valence-corrected chi connectivity index (χ1v) is 2.74. The van der Waals surface area contributed by atoms with E-state index >= 15 is 0 Å². The van der Waals surface area contributed by atoms with Crippen molar-refractivity contribution < 1.29 is 9.30 Å². The van der Waals surface area contributed by atoms with Gasteiger partial charge in [0.1, 0.15) is 13.2 Å². The zero-order valence-corrected chi connectivity index (χ0v) is 5.59. The second kappa shape index (κ2) is 2.49. The first-order chi connectivity index (χ1) is 4.33. The van der Waals surface area contributed by atoms with Crippen LogP contribution in [-0.4, -0.2) is 7.11 Å². The molecular weight excluding hydrogens is 114 g/mol. The van der Waals surface area contributed by atoms with Crippen molar-refractivity contribution in [2.45, 2.75) is 0 Å². The Morgan fingerprint density at radius 2 is 2.44 bits per heavy atom. The summed E-state index contributed by atoms with van der Waals surface area (Å²) in [6.45, 7) is 0. The Morgan fingerprint density at radius 1 is 1.67 bits per heavy atom. The molecule has 0 radical (unpaired) electrons. The summed E-state index contributed by atoms with van der Waals surface area (Å²) in [6.07, 6.45) is 4.83. The lowest BCUT2D eigenvalue weighted by molar-refractivity contribution is -0.675. The van der Waals surface area contributed by atoms with Crippen molar-refractivity contribution in [1.29, 1.82) is 0 Å². The number of aromatic nitrogens is 1. The fourth-order valence-corrected chi connectivity index (χ4v) is 0.569. The summed E-state index contributed by atoms with van der Waals surface area (Å²) in [5.74, 6) is 0.841. The number of methoxy groups -OCH3 is 1. The number of hydrogen-bond acceptors (Lipinski definition) is 1. The molecule has 1 aromatic rings. The summed E-state index contributed by atoms with van der Waals surface area (Å²) >= 11 is 0. The highest BCUT2D eigenvalue weighted by atomic mass is 16.5. The molecule has 0 atom stereocenters. The molecule has 0 fully saturated rings. The molecule has 0 N–H and O–H groups in total. The molecule has 2 nitrogen and oxygen atoms in total. The molecule has 0 amide bonds. The molecular formula is C7H9NO. The van der Waals surface area contributed by atoms with Crippen LogP contribution in [0.4, 0.5) is 0 Å². The quantitative estimate of drug-likeness (QED) is 0.387. The standard InChI is InChI=1S/C7H9NO/c1-8-5-3-7(9-2)4-6-8/h3-5H,1-2H3. The highest BCUT2D eigenvalue weighted by Crippen LogP contribution is 2.02. The van der Waals surface area contributed by atoms with Gasteiger partial charge in [-0.15, -0.1) is 0 Å². The molecule has 2 heteroatoms. The third kappa shape index (κ3) is 1.42. The molecule has 1 aromatic heterocycles. The van der Waals surface area contributed by atoms with E-state index in [9.17, 15) is 0 Å². The Balaban J connectivity index is 2.88. The minimum Gasteiger partial charge on any atom is -0.554 e. The van der Waals surface area contributed by atoms with Crippen molar-refractivity contribution in [2.75, 3.05) is 7.11 Å². The van der Waals surface area contributed by atoms with Crippen LogP contribution in [0.3, 0.4) is 0 Å². The Kier molecular flexibility index (Phi) is 1.68. The number of hydrogen-bond donors (Lipinski definition) is 0. The maximum atomic E-state index is 4.92. The summed E-state index contributed by atoms with van der Waals surface area (Å²) in [6, 6.07) is 3.68. The van der Waals surface area contributed by atoms with Gasteiger partial charge in [0.15, 0.2) is 0 Å². The van der Waals surface area contributed by atoms with E-state index in [4.69, 9.17) is 4.74 Å². The van der Waals surface area contributed by atoms with Crippen molar-refractivity contribution in [1.82, 2.24) is 0 Å². The molecule has 0 bridgehead atoms. The topological polar surface area (TPSA) is 13.1 Å². The summed E-state index contributed by atoms with van der Waals surface area (Å²) in [4.78, 5) is 0. The first kappa shape index (κ1) is 6.08. The van der Waals surface area contributed by atoms with Crippen molar-refractivity contribution in [2.24, 2.45) is 7.05 Å². The van der Waals surface area contributed by atoms with Gasteiger partial charge in [-0.05, 0) is 0 Å². The number of pyridine rings is 1. The van der Waals surface area contributed by atoms with E-state index in [1.807, 2.05) is 23.9 Å². The number of aryl methyl sites for hydroxylation is 1. The highest BCUT2D eigenvalue weighted by molar-refractivity contribution is 5.13. The van der Waals surface area contributed by atoms with E-state index in [1.165, 1.54) is 0 Å². The average Bonchev–Trinajstić information content (AvgIpc) is 1.90. The lowest BCUT2D eigenvalue weighted by atomic mass is 10.4. The van der Waals surface area contributed by atoms with Gasteiger partial charge in [0.25, 0.3) is 0 Å². The summed E-state index contributed by atoms with van der Waals surface area (Å²) < 4.78 is 6.76. The van der Waals surface area contributed by atoms with E-state index in [2.05, 4.69) is 6.20 Å². The maximum absolute atomic E-state index is 4.92. The highest BCUT2D eigenvalue weighted by Gasteiger charge is 1.81. The predicted molar refractivity (Wildman–Crippen MR) is 33.0 cm³/mol. The van der Waals surface area contributed by atoms with Crippen LogP contribution in [0.25, 0.3) is 0 Å². The molecule has 0 aliphatic heterocycles. The third-order valence-electron chi connectivity index (χ3n) is 1.11. The average molecular weight is 123 g/mol. The Bertz CT molecular complexity index is 181. The third-order valence-corrected chi connectivity index (χ3v) is 1.11. The van der Waals surface area contributed by atoms with Gasteiger partial charge in [-0.2, -0.15) is 0 Å². The zero-order valence-electron chi connectivity index (χ0n) is 5.59. The molecule has 9 heavy (non-hydrogen) atoms. The van der Waals surface area contributed by atoms with Gasteiger partial charge in [-0.25, -0.2) is 0 Å². The molecule has 1 heterocycles. The number of rotatable bonds is 1.